The smallest absolute Gasteiger partial charge is 0.270 e. The molecule has 0 aliphatic rings. The van der Waals surface area contributed by atoms with E-state index < -0.39 is 0 Å². The van der Waals surface area contributed by atoms with Gasteiger partial charge in [-0.3, -0.25) is 0 Å². The predicted molar refractivity (Wildman–Crippen MR) is 47.9 cm³/mol. The molecule has 0 amide bonds. The normalized spacial score (nSPS) is 10.5. The summed E-state index contributed by atoms with van der Waals surface area (Å²) in [4.78, 5) is 4.85. The molecule has 0 atom stereocenters. The van der Waals surface area contributed by atoms with Crippen LogP contribution in [0.4, 0.5) is 0 Å². The summed E-state index contributed by atoms with van der Waals surface area (Å²) < 4.78 is 0. The molecule has 0 saturated heterocycles. The molecule has 66 valence electrons. The lowest BCUT2D eigenvalue weighted by Crippen LogP contribution is -2.33. The molecule has 13 heavy (non-hydrogen) atoms. The molecule has 0 saturated carbocycles. The van der Waals surface area contributed by atoms with Gasteiger partial charge in [-0.2, -0.15) is 0 Å². The van der Waals surface area contributed by atoms with Gasteiger partial charge in [0, 0.05) is 17.6 Å². The van der Waals surface area contributed by atoms with E-state index in [0.29, 0.717) is 28.1 Å². The number of aryl methyl sites for hydroxylation is 1. The van der Waals surface area contributed by atoms with Crippen LogP contribution in [0.1, 0.15) is 12.7 Å². The second-order valence-corrected chi connectivity index (χ2v) is 2.74. The molecular weight excluding hydrogens is 166 g/mol. The van der Waals surface area contributed by atoms with Crippen molar-refractivity contribution in [1.82, 2.24) is 10.1 Å². The van der Waals surface area contributed by atoms with E-state index >= 15 is 0 Å². The van der Waals surface area contributed by atoms with Crippen LogP contribution in [0.15, 0.2) is 24.3 Å². The number of para-hydroxylation sites is 2. The number of rotatable bonds is 1. The van der Waals surface area contributed by atoms with Gasteiger partial charge in [0.15, 0.2) is 5.82 Å². The Hall–Kier alpha value is -1.71. The van der Waals surface area contributed by atoms with Gasteiger partial charge in [-0.15, -0.1) is 0 Å². The third-order valence-corrected chi connectivity index (χ3v) is 1.86. The van der Waals surface area contributed by atoms with Crippen molar-refractivity contribution in [1.29, 1.82) is 0 Å². The van der Waals surface area contributed by atoms with E-state index in [0.717, 1.165) is 0 Å². The summed E-state index contributed by atoms with van der Waals surface area (Å²) in [6.45, 7) is 1.92. The van der Waals surface area contributed by atoms with Crippen molar-refractivity contribution >= 4 is 11.0 Å². The first kappa shape index (κ1) is 7.91. The van der Waals surface area contributed by atoms with Crippen molar-refractivity contribution in [2.45, 2.75) is 13.3 Å². The van der Waals surface area contributed by atoms with E-state index in [1.54, 1.807) is 12.1 Å². The topological polar surface area (TPSA) is 52.7 Å². The predicted octanol–water partition coefficient (Wildman–Crippen LogP) is 0.826. The molecular formula is C9H9N3O. The Labute approximate surface area is 75.4 Å². The third kappa shape index (κ3) is 1.30. The fourth-order valence-electron chi connectivity index (χ4n) is 1.19. The maximum Gasteiger partial charge on any atom is 0.270 e. The summed E-state index contributed by atoms with van der Waals surface area (Å²) in [6.07, 6.45) is 0.674. The molecule has 2 aromatic rings. The SMILES string of the molecule is CCc1nc2ccccc2[n+]([O-])n1. The summed E-state index contributed by atoms with van der Waals surface area (Å²) in [6, 6.07) is 7.17. The van der Waals surface area contributed by atoms with Gasteiger partial charge >= 0.3 is 0 Å². The van der Waals surface area contributed by atoms with Gasteiger partial charge in [-0.25, -0.2) is 4.98 Å². The van der Waals surface area contributed by atoms with Crippen molar-refractivity contribution in [3.8, 4) is 0 Å². The number of aromatic nitrogens is 3. The Bertz CT molecular complexity index is 442. The van der Waals surface area contributed by atoms with Crippen molar-refractivity contribution in [2.75, 3.05) is 0 Å². The zero-order valence-electron chi connectivity index (χ0n) is 7.27. The standard InChI is InChI=1S/C9H9N3O/c1-2-9-10-7-5-3-4-6-8(7)12(13)11-9/h3-6H,2H2,1H3. The van der Waals surface area contributed by atoms with Gasteiger partial charge in [0.25, 0.3) is 5.52 Å². The van der Waals surface area contributed by atoms with Crippen LogP contribution in [0.25, 0.3) is 11.0 Å². The minimum absolute atomic E-state index is 0.514. The van der Waals surface area contributed by atoms with Gasteiger partial charge in [0.05, 0.1) is 0 Å². The molecule has 0 radical (unpaired) electrons. The Morgan fingerprint density at radius 2 is 2.15 bits per heavy atom. The first-order chi connectivity index (χ1) is 6.31. The van der Waals surface area contributed by atoms with Crippen LogP contribution in [-0.4, -0.2) is 10.1 Å². The molecule has 4 heteroatoms. The van der Waals surface area contributed by atoms with Gasteiger partial charge in [-0.05, 0) is 10.9 Å². The van der Waals surface area contributed by atoms with Crippen LogP contribution >= 0.6 is 0 Å². The average molecular weight is 175 g/mol. The Balaban J connectivity index is 2.77. The van der Waals surface area contributed by atoms with Crippen LogP contribution in [-0.2, 0) is 6.42 Å². The van der Waals surface area contributed by atoms with E-state index in [9.17, 15) is 5.21 Å². The fourth-order valence-corrected chi connectivity index (χ4v) is 1.19. The minimum Gasteiger partial charge on any atom is -0.594 e. The average Bonchev–Trinajstić information content (AvgIpc) is 2.18. The molecule has 0 spiro atoms. The third-order valence-electron chi connectivity index (χ3n) is 1.86. The number of benzene rings is 1. The summed E-state index contributed by atoms with van der Waals surface area (Å²) in [7, 11) is 0. The molecule has 1 aromatic heterocycles. The molecule has 0 unspecified atom stereocenters. The molecule has 0 aliphatic carbocycles. The van der Waals surface area contributed by atoms with Crippen molar-refractivity contribution < 1.29 is 4.85 Å². The zero-order chi connectivity index (χ0) is 9.26. The highest BCUT2D eigenvalue weighted by Gasteiger charge is 2.07. The van der Waals surface area contributed by atoms with Crippen LogP contribution < -0.4 is 4.85 Å². The number of nitrogens with zero attached hydrogens (tertiary/aromatic N) is 3. The van der Waals surface area contributed by atoms with E-state index in [1.807, 2.05) is 19.1 Å². The highest BCUT2D eigenvalue weighted by atomic mass is 16.5. The van der Waals surface area contributed by atoms with Gasteiger partial charge in [0.2, 0.25) is 0 Å². The summed E-state index contributed by atoms with van der Waals surface area (Å²) in [5.41, 5.74) is 1.21. The van der Waals surface area contributed by atoms with Crippen LogP contribution in [0.5, 0.6) is 0 Å². The summed E-state index contributed by atoms with van der Waals surface area (Å²) in [5.74, 6) is 0.578. The van der Waals surface area contributed by atoms with Gasteiger partial charge in [-0.1, -0.05) is 19.1 Å². The largest absolute Gasteiger partial charge is 0.594 e. The fraction of sp³-hybridized carbons (Fsp3) is 0.222. The maximum absolute atomic E-state index is 11.3. The minimum atomic E-state index is 0.514. The second kappa shape index (κ2) is 2.97. The van der Waals surface area contributed by atoms with E-state index in [2.05, 4.69) is 10.1 Å². The second-order valence-electron chi connectivity index (χ2n) is 2.74. The van der Waals surface area contributed by atoms with E-state index in [-0.39, 0.29) is 0 Å². The highest BCUT2D eigenvalue weighted by Crippen LogP contribution is 2.04. The van der Waals surface area contributed by atoms with Crippen LogP contribution in [0.2, 0.25) is 0 Å². The molecule has 1 aromatic carbocycles. The van der Waals surface area contributed by atoms with Crippen molar-refractivity contribution in [3.63, 3.8) is 0 Å². The lowest BCUT2D eigenvalue weighted by atomic mass is 10.3. The zero-order valence-corrected chi connectivity index (χ0v) is 7.27. The molecule has 1 heterocycles. The molecule has 0 N–H and O–H groups in total. The number of hydrogen-bond donors (Lipinski definition) is 0. The quantitative estimate of drug-likeness (QED) is 0.476. The summed E-state index contributed by atoms with van der Waals surface area (Å²) >= 11 is 0. The van der Waals surface area contributed by atoms with Crippen LogP contribution in [0.3, 0.4) is 0 Å². The molecule has 4 nitrogen and oxygen atoms in total. The Morgan fingerprint density at radius 1 is 1.38 bits per heavy atom. The Morgan fingerprint density at radius 3 is 2.92 bits per heavy atom. The molecule has 2 rings (SSSR count). The monoisotopic (exact) mass is 175 g/mol. The first-order valence-corrected chi connectivity index (χ1v) is 4.17. The number of fused-ring (bicyclic) bond motifs is 1. The van der Waals surface area contributed by atoms with Crippen LogP contribution in [0, 0.1) is 5.21 Å². The van der Waals surface area contributed by atoms with E-state index in [1.165, 1.54) is 0 Å². The van der Waals surface area contributed by atoms with Gasteiger partial charge in [0.1, 0.15) is 5.52 Å². The van der Waals surface area contributed by atoms with Gasteiger partial charge < -0.3 is 5.21 Å². The number of hydrogen-bond acceptors (Lipinski definition) is 3. The first-order valence-electron chi connectivity index (χ1n) is 4.17. The summed E-state index contributed by atoms with van der Waals surface area (Å²) in [5, 5.41) is 15.1. The van der Waals surface area contributed by atoms with E-state index in [4.69, 9.17) is 0 Å². The van der Waals surface area contributed by atoms with Crippen molar-refractivity contribution in [3.05, 3.63) is 35.3 Å². The lowest BCUT2D eigenvalue weighted by Gasteiger charge is -1.99. The Kier molecular flexibility index (Phi) is 1.81. The molecule has 0 aliphatic heterocycles. The van der Waals surface area contributed by atoms with Crippen molar-refractivity contribution in [2.24, 2.45) is 0 Å². The molecule has 0 fully saturated rings. The lowest BCUT2D eigenvalue weighted by molar-refractivity contribution is -0.644. The highest BCUT2D eigenvalue weighted by molar-refractivity contribution is 5.70. The molecule has 0 bridgehead atoms. The maximum atomic E-state index is 11.3.